The highest BCUT2D eigenvalue weighted by Crippen LogP contribution is 2.18. The van der Waals surface area contributed by atoms with Gasteiger partial charge in [0.2, 0.25) is 0 Å². The van der Waals surface area contributed by atoms with Crippen molar-refractivity contribution in [1.82, 2.24) is 28.9 Å². The number of fused-ring (bicyclic) bond motifs is 1. The summed E-state index contributed by atoms with van der Waals surface area (Å²) in [5.74, 6) is 6.13. The van der Waals surface area contributed by atoms with Crippen LogP contribution in [-0.2, 0) is 19.6 Å². The van der Waals surface area contributed by atoms with Crippen LogP contribution in [0.2, 0.25) is 0 Å². The van der Waals surface area contributed by atoms with Crippen LogP contribution in [0.5, 0.6) is 0 Å². The number of aromatic amines is 1. The van der Waals surface area contributed by atoms with Gasteiger partial charge in [-0.3, -0.25) is 18.6 Å². The lowest BCUT2D eigenvalue weighted by atomic mass is 10.2. The quantitative estimate of drug-likeness (QED) is 0.440. The van der Waals surface area contributed by atoms with Crippen LogP contribution in [-0.4, -0.2) is 28.9 Å². The van der Waals surface area contributed by atoms with Crippen molar-refractivity contribution < 1.29 is 4.39 Å². The first-order chi connectivity index (χ1) is 16.0. The summed E-state index contributed by atoms with van der Waals surface area (Å²) in [5, 5.41) is 4.34. The molecule has 3 aromatic heterocycles. The van der Waals surface area contributed by atoms with E-state index in [0.29, 0.717) is 60.6 Å². The normalized spacial score (nSPS) is 11.0. The molecule has 0 aliphatic heterocycles. The van der Waals surface area contributed by atoms with Gasteiger partial charge in [-0.25, -0.2) is 14.2 Å². The van der Waals surface area contributed by atoms with E-state index in [2.05, 4.69) is 26.9 Å². The number of imidazole rings is 1. The summed E-state index contributed by atoms with van der Waals surface area (Å²) in [5.41, 5.74) is 1.33. The zero-order chi connectivity index (χ0) is 23.4. The average molecular weight is 449 g/mol. The summed E-state index contributed by atoms with van der Waals surface area (Å²) in [6.07, 6.45) is 5.44. The molecule has 170 valence electrons. The fraction of sp³-hybridized carbons (Fsp3) is 0.333. The number of aryl methyl sites for hydroxylation is 2. The number of halogens is 1. The van der Waals surface area contributed by atoms with Crippen molar-refractivity contribution in [2.45, 2.75) is 52.7 Å². The van der Waals surface area contributed by atoms with Crippen molar-refractivity contribution in [3.8, 4) is 23.2 Å². The lowest BCUT2D eigenvalue weighted by Crippen LogP contribution is -2.40. The first-order valence-corrected chi connectivity index (χ1v) is 11.0. The molecule has 1 aromatic carbocycles. The molecular formula is C24H25FN6O2. The van der Waals surface area contributed by atoms with E-state index in [1.165, 1.54) is 16.7 Å². The first kappa shape index (κ1) is 22.3. The molecule has 9 heteroatoms. The standard InChI is InChI=1S/C24H25FN6O2/c1-3-11-30-22-20(23(32)31(12-4-2)24(30)33)27-21(28-22)18-15-26-29(16-18)13-6-5-8-17-9-7-10-19(25)14-17/h7,9-10,14-16H,3-4,6,11-13H2,1-2H3,(H,27,28). The second-order valence-electron chi connectivity index (χ2n) is 7.73. The number of hydrogen-bond acceptors (Lipinski definition) is 4. The number of benzene rings is 1. The summed E-state index contributed by atoms with van der Waals surface area (Å²) in [6.45, 7) is 5.29. The molecule has 0 aliphatic carbocycles. The summed E-state index contributed by atoms with van der Waals surface area (Å²) >= 11 is 0. The largest absolute Gasteiger partial charge is 0.332 e. The van der Waals surface area contributed by atoms with Gasteiger partial charge in [-0.15, -0.1) is 0 Å². The van der Waals surface area contributed by atoms with Gasteiger partial charge >= 0.3 is 5.69 Å². The number of nitrogens with one attached hydrogen (secondary N) is 1. The van der Waals surface area contributed by atoms with Crippen molar-refractivity contribution in [3.63, 3.8) is 0 Å². The van der Waals surface area contributed by atoms with E-state index < -0.39 is 0 Å². The topological polar surface area (TPSA) is 90.5 Å². The molecule has 0 unspecified atom stereocenters. The predicted molar refractivity (Wildman–Crippen MR) is 124 cm³/mol. The predicted octanol–water partition coefficient (Wildman–Crippen LogP) is 3.15. The van der Waals surface area contributed by atoms with Crippen LogP contribution >= 0.6 is 0 Å². The Hall–Kier alpha value is -3.93. The van der Waals surface area contributed by atoms with Gasteiger partial charge in [-0.1, -0.05) is 31.8 Å². The third-order valence-electron chi connectivity index (χ3n) is 5.19. The van der Waals surface area contributed by atoms with Crippen LogP contribution in [0.4, 0.5) is 4.39 Å². The van der Waals surface area contributed by atoms with E-state index in [9.17, 15) is 14.0 Å². The zero-order valence-electron chi connectivity index (χ0n) is 18.6. The Bertz CT molecular complexity index is 1460. The maximum absolute atomic E-state index is 13.2. The van der Waals surface area contributed by atoms with Gasteiger partial charge in [0.25, 0.3) is 5.56 Å². The molecule has 0 spiro atoms. The van der Waals surface area contributed by atoms with Gasteiger partial charge in [-0.2, -0.15) is 5.10 Å². The van der Waals surface area contributed by atoms with Gasteiger partial charge in [-0.05, 0) is 31.0 Å². The second kappa shape index (κ2) is 9.69. The first-order valence-electron chi connectivity index (χ1n) is 11.0. The van der Waals surface area contributed by atoms with E-state index in [0.717, 1.165) is 6.42 Å². The van der Waals surface area contributed by atoms with Gasteiger partial charge in [0.05, 0.1) is 18.3 Å². The summed E-state index contributed by atoms with van der Waals surface area (Å²) in [6, 6.07) is 6.17. The molecule has 33 heavy (non-hydrogen) atoms. The number of aromatic nitrogens is 6. The molecule has 0 radical (unpaired) electrons. The minimum Gasteiger partial charge on any atom is -0.332 e. The highest BCUT2D eigenvalue weighted by molar-refractivity contribution is 5.75. The van der Waals surface area contributed by atoms with Crippen LogP contribution < -0.4 is 11.2 Å². The molecule has 0 saturated heterocycles. The second-order valence-corrected chi connectivity index (χ2v) is 7.73. The molecule has 0 aliphatic rings. The molecular weight excluding hydrogens is 423 g/mol. The van der Waals surface area contributed by atoms with Crippen LogP contribution in [0, 0.1) is 17.7 Å². The third-order valence-corrected chi connectivity index (χ3v) is 5.19. The van der Waals surface area contributed by atoms with Gasteiger partial charge in [0.1, 0.15) is 17.2 Å². The smallest absolute Gasteiger partial charge is 0.332 e. The summed E-state index contributed by atoms with van der Waals surface area (Å²) in [7, 11) is 0. The monoisotopic (exact) mass is 448 g/mol. The van der Waals surface area contributed by atoms with E-state index in [4.69, 9.17) is 0 Å². The molecule has 3 heterocycles. The minimum absolute atomic E-state index is 0.310. The van der Waals surface area contributed by atoms with Crippen LogP contribution in [0.25, 0.3) is 22.6 Å². The van der Waals surface area contributed by atoms with Crippen molar-refractivity contribution in [1.29, 1.82) is 0 Å². The highest BCUT2D eigenvalue weighted by Gasteiger charge is 2.18. The molecule has 4 rings (SSSR count). The molecule has 4 aromatic rings. The number of nitrogens with zero attached hydrogens (tertiary/aromatic N) is 5. The van der Waals surface area contributed by atoms with Gasteiger partial charge < -0.3 is 4.98 Å². The van der Waals surface area contributed by atoms with E-state index >= 15 is 0 Å². The lowest BCUT2D eigenvalue weighted by molar-refractivity contribution is 0.555. The molecule has 1 N–H and O–H groups in total. The van der Waals surface area contributed by atoms with Gasteiger partial charge in [0, 0.05) is 31.3 Å². The fourth-order valence-electron chi connectivity index (χ4n) is 3.66. The lowest BCUT2D eigenvalue weighted by Gasteiger charge is -2.09. The van der Waals surface area contributed by atoms with E-state index in [-0.39, 0.29) is 17.1 Å². The Labute approximate surface area is 189 Å². The third kappa shape index (κ3) is 4.65. The molecule has 0 saturated carbocycles. The Morgan fingerprint density at radius 2 is 1.88 bits per heavy atom. The van der Waals surface area contributed by atoms with Crippen molar-refractivity contribution in [2.24, 2.45) is 0 Å². The maximum Gasteiger partial charge on any atom is 0.332 e. The van der Waals surface area contributed by atoms with Crippen molar-refractivity contribution >= 4 is 11.2 Å². The molecule has 8 nitrogen and oxygen atoms in total. The minimum atomic E-state index is -0.358. The highest BCUT2D eigenvalue weighted by atomic mass is 19.1. The molecule has 0 fully saturated rings. The average Bonchev–Trinajstić information content (AvgIpc) is 3.45. The van der Waals surface area contributed by atoms with E-state index in [1.54, 1.807) is 27.6 Å². The van der Waals surface area contributed by atoms with E-state index in [1.807, 2.05) is 20.0 Å². The summed E-state index contributed by atoms with van der Waals surface area (Å²) in [4.78, 5) is 33.4. The zero-order valence-corrected chi connectivity index (χ0v) is 18.6. The Kier molecular flexibility index (Phi) is 6.54. The van der Waals surface area contributed by atoms with Gasteiger partial charge in [0.15, 0.2) is 5.65 Å². The Morgan fingerprint density at radius 3 is 2.64 bits per heavy atom. The van der Waals surface area contributed by atoms with Crippen molar-refractivity contribution in [3.05, 3.63) is 68.9 Å². The fourth-order valence-corrected chi connectivity index (χ4v) is 3.66. The summed E-state index contributed by atoms with van der Waals surface area (Å²) < 4.78 is 17.8. The van der Waals surface area contributed by atoms with Crippen molar-refractivity contribution in [2.75, 3.05) is 0 Å². The van der Waals surface area contributed by atoms with Crippen LogP contribution in [0.1, 0.15) is 38.7 Å². The Morgan fingerprint density at radius 1 is 1.09 bits per heavy atom. The Balaban J connectivity index is 1.59. The molecule has 0 bridgehead atoms. The number of H-pyrrole nitrogens is 1. The number of rotatable bonds is 7. The molecule has 0 amide bonds. The van der Waals surface area contributed by atoms with Crippen LogP contribution in [0.3, 0.4) is 0 Å². The molecule has 0 atom stereocenters. The van der Waals surface area contributed by atoms with Crippen LogP contribution in [0.15, 0.2) is 46.2 Å². The SMILES string of the molecule is CCCn1c(=O)c2[nH]c(-c3cnn(CCC#Cc4cccc(F)c4)c3)nc2n(CCC)c1=O. The number of hydrogen-bond donors (Lipinski definition) is 1. The maximum atomic E-state index is 13.2.